The van der Waals surface area contributed by atoms with Crippen LogP contribution in [-0.2, 0) is 20.7 Å². The highest BCUT2D eigenvalue weighted by Gasteiger charge is 2.37. The SMILES string of the molecule is COCCCCc1c(C(=O)N(CC(C)C)[C@@H]2CNC[C@H](C(=O)N3CCOCC3)C2)nnn1-c1ccccc1C.Cl. The summed E-state index contributed by atoms with van der Waals surface area (Å²) in [5.41, 5.74) is 3.22. The third-order valence-corrected chi connectivity index (χ3v) is 7.58. The normalized spacial score (nSPS) is 19.4. The first-order valence-corrected chi connectivity index (χ1v) is 14.3. The Kier molecular flexibility index (Phi) is 12.4. The fraction of sp³-hybridized carbons (Fsp3) is 0.655. The maximum absolute atomic E-state index is 14.2. The summed E-state index contributed by atoms with van der Waals surface area (Å²) in [5, 5.41) is 12.4. The average Bonchev–Trinajstić information content (AvgIpc) is 3.37. The van der Waals surface area contributed by atoms with E-state index in [1.165, 1.54) is 0 Å². The molecule has 0 saturated carbocycles. The molecule has 1 aromatic heterocycles. The number of rotatable bonds is 11. The van der Waals surface area contributed by atoms with Gasteiger partial charge in [-0.2, -0.15) is 0 Å². The van der Waals surface area contributed by atoms with Crippen LogP contribution < -0.4 is 5.32 Å². The number of methoxy groups -OCH3 is 1. The molecule has 3 heterocycles. The van der Waals surface area contributed by atoms with Crippen molar-refractivity contribution >= 4 is 24.2 Å². The number of piperidine rings is 1. The van der Waals surface area contributed by atoms with E-state index in [9.17, 15) is 9.59 Å². The fourth-order valence-corrected chi connectivity index (χ4v) is 5.54. The molecule has 1 aromatic carbocycles. The van der Waals surface area contributed by atoms with Crippen LogP contribution >= 0.6 is 12.4 Å². The number of para-hydroxylation sites is 1. The van der Waals surface area contributed by atoms with Crippen molar-refractivity contribution in [3.8, 4) is 5.69 Å². The molecule has 1 N–H and O–H groups in total. The Labute approximate surface area is 244 Å². The number of benzene rings is 1. The van der Waals surface area contributed by atoms with Crippen molar-refractivity contribution in [1.82, 2.24) is 30.1 Å². The molecule has 2 saturated heterocycles. The summed E-state index contributed by atoms with van der Waals surface area (Å²) in [6.45, 7) is 11.2. The largest absolute Gasteiger partial charge is 0.385 e. The molecule has 2 fully saturated rings. The van der Waals surface area contributed by atoms with Gasteiger partial charge in [-0.15, -0.1) is 17.5 Å². The molecule has 222 valence electrons. The number of nitrogens with one attached hydrogen (secondary N) is 1. The third kappa shape index (κ3) is 7.81. The molecule has 40 heavy (non-hydrogen) atoms. The van der Waals surface area contributed by atoms with Crippen molar-refractivity contribution < 1.29 is 19.1 Å². The van der Waals surface area contributed by atoms with Gasteiger partial charge >= 0.3 is 0 Å². The molecular weight excluding hydrogens is 532 g/mol. The standard InChI is InChI=1S/C29H44N6O4.ClH/c1-21(2)20-34(24-17-23(18-30-19-24)28(36)33-12-15-39-16-13-33)29(37)27-26(11-7-8-14-38-4)35(32-31-27)25-10-6-5-9-22(25)3;/h5-6,9-10,21,23-24,30H,7-8,11-20H2,1-4H3;1H/t23-,24+;/m1./s1. The minimum absolute atomic E-state index is 0. The van der Waals surface area contributed by atoms with Gasteiger partial charge in [0.1, 0.15) is 0 Å². The van der Waals surface area contributed by atoms with Gasteiger partial charge in [0, 0.05) is 52.5 Å². The van der Waals surface area contributed by atoms with E-state index in [0.717, 1.165) is 29.8 Å². The highest BCUT2D eigenvalue weighted by atomic mass is 35.5. The number of nitrogens with zero attached hydrogens (tertiary/aromatic N) is 5. The first-order chi connectivity index (χ1) is 18.9. The predicted molar refractivity (Wildman–Crippen MR) is 156 cm³/mol. The molecule has 2 atom stereocenters. The number of carbonyl (C=O) groups is 2. The summed E-state index contributed by atoms with van der Waals surface area (Å²) in [7, 11) is 1.70. The van der Waals surface area contributed by atoms with E-state index in [2.05, 4.69) is 29.5 Å². The van der Waals surface area contributed by atoms with Gasteiger partial charge in [-0.25, -0.2) is 4.68 Å². The Morgan fingerprint density at radius 3 is 2.62 bits per heavy atom. The van der Waals surface area contributed by atoms with Crippen LogP contribution in [0.25, 0.3) is 5.69 Å². The van der Waals surface area contributed by atoms with E-state index < -0.39 is 0 Å². The number of aromatic nitrogens is 3. The fourth-order valence-electron chi connectivity index (χ4n) is 5.54. The zero-order chi connectivity index (χ0) is 27.8. The van der Waals surface area contributed by atoms with Gasteiger partial charge in [0.25, 0.3) is 5.91 Å². The molecule has 10 nitrogen and oxygen atoms in total. The average molecular weight is 577 g/mol. The molecule has 2 amide bonds. The van der Waals surface area contributed by atoms with Crippen LogP contribution in [-0.4, -0.2) is 102 Å². The quantitative estimate of drug-likeness (QED) is 0.410. The number of hydrogen-bond donors (Lipinski definition) is 1. The number of morpholine rings is 1. The van der Waals surface area contributed by atoms with E-state index in [-0.39, 0.29) is 42.1 Å². The number of aryl methyl sites for hydroxylation is 1. The molecule has 0 radical (unpaired) electrons. The smallest absolute Gasteiger partial charge is 0.276 e. The maximum atomic E-state index is 14.2. The van der Waals surface area contributed by atoms with E-state index >= 15 is 0 Å². The highest BCUT2D eigenvalue weighted by Crippen LogP contribution is 2.25. The Bertz CT molecular complexity index is 1100. The monoisotopic (exact) mass is 576 g/mol. The molecular formula is C29H45ClN6O4. The molecule has 0 aliphatic carbocycles. The van der Waals surface area contributed by atoms with Gasteiger partial charge in [0.2, 0.25) is 5.91 Å². The minimum Gasteiger partial charge on any atom is -0.385 e. The second-order valence-corrected chi connectivity index (χ2v) is 11.1. The number of ether oxygens (including phenoxy) is 2. The Morgan fingerprint density at radius 1 is 1.18 bits per heavy atom. The topological polar surface area (TPSA) is 102 Å². The van der Waals surface area contributed by atoms with Crippen LogP contribution in [0.2, 0.25) is 0 Å². The Hall–Kier alpha value is -2.53. The number of hydrogen-bond acceptors (Lipinski definition) is 7. The van der Waals surface area contributed by atoms with Crippen LogP contribution in [0.5, 0.6) is 0 Å². The van der Waals surface area contributed by atoms with Gasteiger partial charge in [-0.1, -0.05) is 37.3 Å². The summed E-state index contributed by atoms with van der Waals surface area (Å²) in [6.07, 6.45) is 3.05. The molecule has 0 bridgehead atoms. The molecule has 2 aromatic rings. The molecule has 2 aliphatic rings. The second-order valence-electron chi connectivity index (χ2n) is 11.1. The first kappa shape index (κ1) is 32.0. The number of unbranched alkanes of at least 4 members (excludes halogenated alkanes) is 1. The summed E-state index contributed by atoms with van der Waals surface area (Å²) in [6, 6.07) is 7.92. The van der Waals surface area contributed by atoms with Gasteiger partial charge in [-0.3, -0.25) is 9.59 Å². The molecule has 0 spiro atoms. The van der Waals surface area contributed by atoms with Crippen molar-refractivity contribution in [2.24, 2.45) is 11.8 Å². The summed E-state index contributed by atoms with van der Waals surface area (Å²) < 4.78 is 12.5. The molecule has 11 heteroatoms. The van der Waals surface area contributed by atoms with Crippen LogP contribution in [0.15, 0.2) is 24.3 Å². The van der Waals surface area contributed by atoms with Crippen LogP contribution in [0.3, 0.4) is 0 Å². The van der Waals surface area contributed by atoms with Gasteiger partial charge in [0.05, 0.1) is 30.5 Å². The lowest BCUT2D eigenvalue weighted by Crippen LogP contribution is -2.56. The minimum atomic E-state index is -0.166. The van der Waals surface area contributed by atoms with E-state index in [4.69, 9.17) is 9.47 Å². The molecule has 4 rings (SSSR count). The predicted octanol–water partition coefficient (Wildman–Crippen LogP) is 2.90. The van der Waals surface area contributed by atoms with Crippen molar-refractivity contribution in [1.29, 1.82) is 0 Å². The highest BCUT2D eigenvalue weighted by molar-refractivity contribution is 5.94. The number of amides is 2. The van der Waals surface area contributed by atoms with E-state index in [1.807, 2.05) is 45.7 Å². The number of carbonyl (C=O) groups excluding carboxylic acids is 2. The van der Waals surface area contributed by atoms with Gasteiger partial charge < -0.3 is 24.6 Å². The third-order valence-electron chi connectivity index (χ3n) is 7.58. The Balaban J connectivity index is 0.00000441. The lowest BCUT2D eigenvalue weighted by atomic mass is 9.92. The first-order valence-electron chi connectivity index (χ1n) is 14.3. The van der Waals surface area contributed by atoms with Gasteiger partial charge in [0.15, 0.2) is 5.69 Å². The zero-order valence-corrected chi connectivity index (χ0v) is 25.1. The van der Waals surface area contributed by atoms with Crippen LogP contribution in [0.1, 0.15) is 54.9 Å². The van der Waals surface area contributed by atoms with Crippen molar-refractivity contribution in [2.45, 2.75) is 52.5 Å². The molecule has 2 aliphatic heterocycles. The van der Waals surface area contributed by atoms with Crippen molar-refractivity contribution in [2.75, 3.05) is 59.7 Å². The zero-order valence-electron chi connectivity index (χ0n) is 24.3. The van der Waals surface area contributed by atoms with E-state index in [1.54, 1.807) is 7.11 Å². The lowest BCUT2D eigenvalue weighted by Gasteiger charge is -2.40. The van der Waals surface area contributed by atoms with Crippen molar-refractivity contribution in [3.05, 3.63) is 41.2 Å². The van der Waals surface area contributed by atoms with E-state index in [0.29, 0.717) is 71.1 Å². The lowest BCUT2D eigenvalue weighted by molar-refractivity contribution is -0.140. The number of halogens is 1. The molecule has 0 unspecified atom stereocenters. The van der Waals surface area contributed by atoms with Gasteiger partial charge in [-0.05, 0) is 50.2 Å². The summed E-state index contributed by atoms with van der Waals surface area (Å²) in [4.78, 5) is 31.4. The van der Waals surface area contributed by atoms with Crippen molar-refractivity contribution in [3.63, 3.8) is 0 Å². The van der Waals surface area contributed by atoms with Crippen LogP contribution in [0, 0.1) is 18.8 Å². The second kappa shape index (κ2) is 15.5. The summed E-state index contributed by atoms with van der Waals surface area (Å²) >= 11 is 0. The van der Waals surface area contributed by atoms with Crippen LogP contribution in [0.4, 0.5) is 0 Å². The maximum Gasteiger partial charge on any atom is 0.276 e. The summed E-state index contributed by atoms with van der Waals surface area (Å²) in [5.74, 6) is 0.134. The Morgan fingerprint density at radius 2 is 1.93 bits per heavy atom.